The maximum absolute atomic E-state index is 13.6. The summed E-state index contributed by atoms with van der Waals surface area (Å²) in [6.45, 7) is 1.76. The molecular formula is C18H16F2N2O3. The molecule has 1 aliphatic heterocycles. The van der Waals surface area contributed by atoms with Crippen LogP contribution in [0.2, 0.25) is 0 Å². The minimum atomic E-state index is -0.852. The number of nitrogens with zero attached hydrogens (tertiary/aromatic N) is 1. The fourth-order valence-corrected chi connectivity index (χ4v) is 2.61. The Morgan fingerprint density at radius 2 is 2.00 bits per heavy atom. The van der Waals surface area contributed by atoms with E-state index in [1.807, 2.05) is 0 Å². The molecule has 25 heavy (non-hydrogen) atoms. The second kappa shape index (κ2) is 6.88. The van der Waals surface area contributed by atoms with Gasteiger partial charge < -0.3 is 15.0 Å². The fourth-order valence-electron chi connectivity index (χ4n) is 2.61. The van der Waals surface area contributed by atoms with Crippen molar-refractivity contribution in [3.05, 3.63) is 54.1 Å². The van der Waals surface area contributed by atoms with Crippen LogP contribution in [0, 0.1) is 11.6 Å². The molecular weight excluding hydrogens is 330 g/mol. The lowest BCUT2D eigenvalue weighted by atomic mass is 10.1. The van der Waals surface area contributed by atoms with Gasteiger partial charge in [-0.2, -0.15) is 0 Å². The highest BCUT2D eigenvalue weighted by atomic mass is 19.1. The van der Waals surface area contributed by atoms with Gasteiger partial charge in [-0.25, -0.2) is 8.78 Å². The van der Waals surface area contributed by atoms with Crippen LogP contribution in [0.15, 0.2) is 42.5 Å². The summed E-state index contributed by atoms with van der Waals surface area (Å²) < 4.78 is 32.0. The largest absolute Gasteiger partial charge is 0.479 e. The monoisotopic (exact) mass is 346 g/mol. The number of rotatable bonds is 4. The van der Waals surface area contributed by atoms with E-state index in [1.165, 1.54) is 4.90 Å². The number of para-hydroxylation sites is 2. The summed E-state index contributed by atoms with van der Waals surface area (Å²) in [5.41, 5.74) is 0.486. The molecule has 0 aromatic heterocycles. The predicted molar refractivity (Wildman–Crippen MR) is 88.5 cm³/mol. The molecule has 0 unspecified atom stereocenters. The Labute approximate surface area is 143 Å². The molecule has 1 aliphatic rings. The van der Waals surface area contributed by atoms with Gasteiger partial charge in [0.15, 0.2) is 6.10 Å². The molecule has 1 atom stereocenters. The second-order valence-corrected chi connectivity index (χ2v) is 5.64. The highest BCUT2D eigenvalue weighted by Crippen LogP contribution is 2.33. The zero-order valence-electron chi connectivity index (χ0n) is 13.5. The second-order valence-electron chi connectivity index (χ2n) is 5.64. The van der Waals surface area contributed by atoms with E-state index in [4.69, 9.17) is 4.74 Å². The summed E-state index contributed by atoms with van der Waals surface area (Å²) >= 11 is 0. The third-order valence-corrected chi connectivity index (χ3v) is 3.84. The summed E-state index contributed by atoms with van der Waals surface area (Å²) in [5, 5.41) is 2.38. The van der Waals surface area contributed by atoms with Gasteiger partial charge in [0.25, 0.3) is 5.91 Å². The zero-order chi connectivity index (χ0) is 18.0. The van der Waals surface area contributed by atoms with Crippen LogP contribution in [0.3, 0.4) is 0 Å². The van der Waals surface area contributed by atoms with Crippen LogP contribution >= 0.6 is 0 Å². The summed E-state index contributed by atoms with van der Waals surface area (Å²) in [6, 6.07) is 9.95. The molecule has 1 heterocycles. The van der Waals surface area contributed by atoms with Crippen molar-refractivity contribution < 1.29 is 23.1 Å². The number of halogens is 2. The number of hydrogen-bond donors (Lipinski definition) is 1. The van der Waals surface area contributed by atoms with Crippen molar-refractivity contribution in [2.45, 2.75) is 19.4 Å². The minimum absolute atomic E-state index is 0.0381. The number of benzene rings is 2. The third-order valence-electron chi connectivity index (χ3n) is 3.84. The van der Waals surface area contributed by atoms with Gasteiger partial charge in [-0.1, -0.05) is 12.1 Å². The highest BCUT2D eigenvalue weighted by molar-refractivity contribution is 6.00. The van der Waals surface area contributed by atoms with Crippen molar-refractivity contribution in [3.63, 3.8) is 0 Å². The Balaban J connectivity index is 1.68. The summed E-state index contributed by atoms with van der Waals surface area (Å²) in [7, 11) is 0. The van der Waals surface area contributed by atoms with Gasteiger partial charge in [-0.15, -0.1) is 0 Å². The molecule has 0 saturated heterocycles. The van der Waals surface area contributed by atoms with Gasteiger partial charge >= 0.3 is 0 Å². The van der Waals surface area contributed by atoms with E-state index in [0.717, 1.165) is 12.1 Å². The first-order valence-corrected chi connectivity index (χ1v) is 7.77. The molecule has 2 aromatic rings. The molecule has 7 heteroatoms. The van der Waals surface area contributed by atoms with Crippen LogP contribution in [-0.2, 0) is 9.59 Å². The average molecular weight is 346 g/mol. The number of fused-ring (bicyclic) bond motifs is 1. The molecule has 0 spiro atoms. The molecule has 0 fully saturated rings. The Kier molecular flexibility index (Phi) is 4.65. The van der Waals surface area contributed by atoms with Crippen molar-refractivity contribution in [1.82, 2.24) is 0 Å². The van der Waals surface area contributed by atoms with E-state index < -0.39 is 23.6 Å². The number of nitrogens with one attached hydrogen (secondary N) is 1. The molecule has 1 N–H and O–H groups in total. The number of ether oxygens (including phenoxy) is 1. The Hall–Kier alpha value is -2.96. The van der Waals surface area contributed by atoms with Crippen LogP contribution in [-0.4, -0.2) is 24.5 Å². The Morgan fingerprint density at radius 1 is 1.24 bits per heavy atom. The average Bonchev–Trinajstić information content (AvgIpc) is 2.58. The van der Waals surface area contributed by atoms with E-state index in [-0.39, 0.29) is 24.6 Å². The van der Waals surface area contributed by atoms with Gasteiger partial charge in [0.05, 0.1) is 11.4 Å². The molecule has 2 amide bonds. The Morgan fingerprint density at radius 3 is 2.76 bits per heavy atom. The number of hydrogen-bond acceptors (Lipinski definition) is 3. The Bertz CT molecular complexity index is 826. The van der Waals surface area contributed by atoms with Crippen LogP contribution in [0.25, 0.3) is 0 Å². The molecule has 0 radical (unpaired) electrons. The highest BCUT2D eigenvalue weighted by Gasteiger charge is 2.31. The number of amides is 2. The summed E-state index contributed by atoms with van der Waals surface area (Å²) in [5.74, 6) is -1.73. The van der Waals surface area contributed by atoms with Crippen molar-refractivity contribution in [1.29, 1.82) is 0 Å². The van der Waals surface area contributed by atoms with Crippen molar-refractivity contribution >= 4 is 23.2 Å². The summed E-state index contributed by atoms with van der Waals surface area (Å²) in [4.78, 5) is 25.8. The van der Waals surface area contributed by atoms with Crippen molar-refractivity contribution in [2.75, 3.05) is 16.8 Å². The number of carbonyl (C=O) groups excluding carboxylic acids is 2. The lowest BCUT2D eigenvalue weighted by Gasteiger charge is -2.32. The standard InChI is InChI=1S/C18H16F2N2O3/c1-11-18(24)22(15-4-2-3-5-16(15)25-11)9-8-17(23)21-14-7-6-12(19)10-13(14)20/h2-7,10-11H,8-9H2,1H3,(H,21,23)/t11-/m1/s1. The van der Waals surface area contributed by atoms with Gasteiger partial charge in [0.1, 0.15) is 17.4 Å². The van der Waals surface area contributed by atoms with Crippen LogP contribution < -0.4 is 15.0 Å². The molecule has 3 rings (SSSR count). The molecule has 0 saturated carbocycles. The van der Waals surface area contributed by atoms with Crippen molar-refractivity contribution in [2.24, 2.45) is 0 Å². The first kappa shape index (κ1) is 16.9. The van der Waals surface area contributed by atoms with Crippen LogP contribution in [0.4, 0.5) is 20.2 Å². The first-order valence-electron chi connectivity index (χ1n) is 7.77. The van der Waals surface area contributed by atoms with Gasteiger partial charge in [0.2, 0.25) is 5.91 Å². The molecule has 0 aliphatic carbocycles. The lowest BCUT2D eigenvalue weighted by molar-refractivity contribution is -0.125. The topological polar surface area (TPSA) is 58.6 Å². The minimum Gasteiger partial charge on any atom is -0.479 e. The lowest BCUT2D eigenvalue weighted by Crippen LogP contribution is -2.45. The van der Waals surface area contributed by atoms with E-state index in [1.54, 1.807) is 31.2 Å². The number of anilines is 2. The number of carbonyl (C=O) groups is 2. The zero-order valence-corrected chi connectivity index (χ0v) is 13.5. The molecule has 0 bridgehead atoms. The molecule has 2 aromatic carbocycles. The first-order chi connectivity index (χ1) is 12.0. The van der Waals surface area contributed by atoms with Crippen LogP contribution in [0.5, 0.6) is 5.75 Å². The smallest absolute Gasteiger partial charge is 0.267 e. The van der Waals surface area contributed by atoms with E-state index in [0.29, 0.717) is 17.5 Å². The SMILES string of the molecule is C[C@H]1Oc2ccccc2N(CCC(=O)Nc2ccc(F)cc2F)C1=O. The van der Waals surface area contributed by atoms with E-state index in [2.05, 4.69) is 5.32 Å². The normalized spacial score (nSPS) is 16.2. The van der Waals surface area contributed by atoms with Crippen LogP contribution in [0.1, 0.15) is 13.3 Å². The molecule has 130 valence electrons. The van der Waals surface area contributed by atoms with Gasteiger partial charge in [0, 0.05) is 19.0 Å². The third kappa shape index (κ3) is 3.60. The summed E-state index contributed by atoms with van der Waals surface area (Å²) in [6.07, 6.45) is -0.684. The maximum atomic E-state index is 13.6. The quantitative estimate of drug-likeness (QED) is 0.925. The van der Waals surface area contributed by atoms with Gasteiger partial charge in [-0.3, -0.25) is 9.59 Å². The predicted octanol–water partition coefficient (Wildman–Crippen LogP) is 3.11. The van der Waals surface area contributed by atoms with E-state index >= 15 is 0 Å². The maximum Gasteiger partial charge on any atom is 0.267 e. The van der Waals surface area contributed by atoms with Crippen molar-refractivity contribution in [3.8, 4) is 5.75 Å². The fraction of sp³-hybridized carbons (Fsp3) is 0.222. The van der Waals surface area contributed by atoms with E-state index in [9.17, 15) is 18.4 Å². The van der Waals surface area contributed by atoms with Gasteiger partial charge in [-0.05, 0) is 31.2 Å². The molecule has 5 nitrogen and oxygen atoms in total.